The predicted octanol–water partition coefficient (Wildman–Crippen LogP) is 2.84. The lowest BCUT2D eigenvalue weighted by atomic mass is 10.1. The number of benzene rings is 1. The van der Waals surface area contributed by atoms with Gasteiger partial charge in [0.1, 0.15) is 11.3 Å². The standard InChI is InChI=1S/C14H19ClO5S/c1-3-11(10-21(15,17)18)9-20-13-8-6-5-7-12(13)14(16)19-4-2/h5-8,11H,3-4,9-10H2,1-2H3. The summed E-state index contributed by atoms with van der Waals surface area (Å²) < 4.78 is 32.7. The van der Waals surface area contributed by atoms with E-state index in [9.17, 15) is 13.2 Å². The molecule has 1 aromatic carbocycles. The lowest BCUT2D eigenvalue weighted by molar-refractivity contribution is 0.0521. The van der Waals surface area contributed by atoms with Crippen molar-refractivity contribution in [1.29, 1.82) is 0 Å². The van der Waals surface area contributed by atoms with E-state index in [2.05, 4.69) is 0 Å². The highest BCUT2D eigenvalue weighted by Gasteiger charge is 2.18. The zero-order chi connectivity index (χ0) is 15.9. The molecule has 1 aromatic rings. The second-order valence-electron chi connectivity index (χ2n) is 4.51. The van der Waals surface area contributed by atoms with Crippen LogP contribution in [-0.4, -0.2) is 33.4 Å². The maximum Gasteiger partial charge on any atom is 0.341 e. The molecule has 0 bridgehead atoms. The summed E-state index contributed by atoms with van der Waals surface area (Å²) in [4.78, 5) is 11.8. The Balaban J connectivity index is 2.76. The summed E-state index contributed by atoms with van der Waals surface area (Å²) in [7, 11) is 1.68. The van der Waals surface area contributed by atoms with Crippen LogP contribution < -0.4 is 4.74 Å². The average Bonchev–Trinajstić information content (AvgIpc) is 2.42. The summed E-state index contributed by atoms with van der Waals surface area (Å²) in [6.07, 6.45) is 0.605. The molecule has 1 atom stereocenters. The van der Waals surface area contributed by atoms with Gasteiger partial charge in [-0.2, -0.15) is 0 Å². The summed E-state index contributed by atoms with van der Waals surface area (Å²) in [5.41, 5.74) is 0.322. The number of ether oxygens (including phenoxy) is 2. The second kappa shape index (κ2) is 8.24. The topological polar surface area (TPSA) is 69.7 Å². The Bertz CT molecular complexity index is 570. The lowest BCUT2D eigenvalue weighted by Crippen LogP contribution is -2.20. The highest BCUT2D eigenvalue weighted by Crippen LogP contribution is 2.21. The van der Waals surface area contributed by atoms with Crippen molar-refractivity contribution in [2.45, 2.75) is 20.3 Å². The first-order valence-corrected chi connectivity index (χ1v) is 9.16. The number of hydrogen-bond donors (Lipinski definition) is 0. The maximum absolute atomic E-state index is 11.8. The van der Waals surface area contributed by atoms with Gasteiger partial charge in [-0.05, 0) is 25.5 Å². The quantitative estimate of drug-likeness (QED) is 0.540. The molecule has 0 heterocycles. The molecule has 0 aromatic heterocycles. The summed E-state index contributed by atoms with van der Waals surface area (Å²) in [6.45, 7) is 4.02. The Hall–Kier alpha value is -1.27. The Morgan fingerprint density at radius 3 is 2.52 bits per heavy atom. The number of halogens is 1. The molecular weight excluding hydrogens is 316 g/mol. The van der Waals surface area contributed by atoms with Crippen LogP contribution in [0.1, 0.15) is 30.6 Å². The molecule has 0 aliphatic rings. The minimum Gasteiger partial charge on any atom is -0.492 e. The highest BCUT2D eigenvalue weighted by atomic mass is 35.7. The molecule has 0 spiro atoms. The average molecular weight is 335 g/mol. The monoisotopic (exact) mass is 334 g/mol. The number of esters is 1. The van der Waals surface area contributed by atoms with Crippen molar-refractivity contribution in [3.8, 4) is 5.75 Å². The molecule has 0 saturated heterocycles. The van der Waals surface area contributed by atoms with Crippen LogP contribution in [0.4, 0.5) is 0 Å². The Morgan fingerprint density at radius 2 is 1.95 bits per heavy atom. The van der Waals surface area contributed by atoms with Crippen molar-refractivity contribution >= 4 is 25.7 Å². The Morgan fingerprint density at radius 1 is 1.29 bits per heavy atom. The fourth-order valence-electron chi connectivity index (χ4n) is 1.74. The van der Waals surface area contributed by atoms with Gasteiger partial charge in [0.05, 0.1) is 19.0 Å². The van der Waals surface area contributed by atoms with Crippen LogP contribution in [0.2, 0.25) is 0 Å². The van der Waals surface area contributed by atoms with Crippen LogP contribution in [0.15, 0.2) is 24.3 Å². The van der Waals surface area contributed by atoms with Gasteiger partial charge in [-0.1, -0.05) is 19.1 Å². The SMILES string of the molecule is CCOC(=O)c1ccccc1OCC(CC)CS(=O)(=O)Cl. The first-order valence-electron chi connectivity index (χ1n) is 6.68. The molecule has 0 aliphatic heterocycles. The molecule has 21 heavy (non-hydrogen) atoms. The number of carbonyl (C=O) groups is 1. The smallest absolute Gasteiger partial charge is 0.341 e. The minimum atomic E-state index is -3.57. The molecule has 0 fully saturated rings. The van der Waals surface area contributed by atoms with Crippen molar-refractivity contribution in [2.75, 3.05) is 19.0 Å². The first-order chi connectivity index (χ1) is 9.87. The third-order valence-corrected chi connectivity index (χ3v) is 4.12. The number of carbonyl (C=O) groups excluding carboxylic acids is 1. The molecule has 0 N–H and O–H groups in total. The minimum absolute atomic E-state index is 0.160. The number of para-hydroxylation sites is 1. The van der Waals surface area contributed by atoms with Crippen molar-refractivity contribution in [2.24, 2.45) is 5.92 Å². The predicted molar refractivity (Wildman–Crippen MR) is 81.3 cm³/mol. The molecule has 7 heteroatoms. The summed E-state index contributed by atoms with van der Waals surface area (Å²) in [6, 6.07) is 6.69. The second-order valence-corrected chi connectivity index (χ2v) is 7.33. The molecule has 1 rings (SSSR count). The maximum atomic E-state index is 11.8. The van der Waals surface area contributed by atoms with Crippen LogP contribution in [0.5, 0.6) is 5.75 Å². The normalized spacial score (nSPS) is 12.7. The molecule has 1 unspecified atom stereocenters. The zero-order valence-corrected chi connectivity index (χ0v) is 13.6. The Labute approximate surface area is 129 Å². The molecule has 0 amide bonds. The van der Waals surface area contributed by atoms with Gasteiger partial charge in [0.25, 0.3) is 0 Å². The molecule has 5 nitrogen and oxygen atoms in total. The van der Waals surface area contributed by atoms with Gasteiger partial charge in [0.2, 0.25) is 9.05 Å². The van der Waals surface area contributed by atoms with Gasteiger partial charge < -0.3 is 9.47 Å². The van der Waals surface area contributed by atoms with E-state index in [0.29, 0.717) is 17.7 Å². The van der Waals surface area contributed by atoms with Gasteiger partial charge in [0.15, 0.2) is 0 Å². The number of hydrogen-bond acceptors (Lipinski definition) is 5. The largest absolute Gasteiger partial charge is 0.492 e. The summed E-state index contributed by atoms with van der Waals surface area (Å²) >= 11 is 0. The summed E-state index contributed by atoms with van der Waals surface area (Å²) in [5.74, 6) is -0.484. The van der Waals surface area contributed by atoms with E-state index in [1.54, 1.807) is 31.2 Å². The first kappa shape index (κ1) is 17.8. The van der Waals surface area contributed by atoms with Crippen molar-refractivity contribution < 1.29 is 22.7 Å². The van der Waals surface area contributed by atoms with Gasteiger partial charge >= 0.3 is 5.97 Å². The van der Waals surface area contributed by atoms with Crippen molar-refractivity contribution in [3.05, 3.63) is 29.8 Å². The van der Waals surface area contributed by atoms with Crippen molar-refractivity contribution in [3.63, 3.8) is 0 Å². The molecule has 0 radical (unpaired) electrons. The van der Waals surface area contributed by atoms with Gasteiger partial charge in [-0.15, -0.1) is 0 Å². The van der Waals surface area contributed by atoms with Crippen LogP contribution >= 0.6 is 10.7 Å². The van der Waals surface area contributed by atoms with Crippen LogP contribution in [0.25, 0.3) is 0 Å². The molecule has 0 saturated carbocycles. The van der Waals surface area contributed by atoms with E-state index in [-0.39, 0.29) is 24.9 Å². The van der Waals surface area contributed by atoms with E-state index in [1.807, 2.05) is 6.92 Å². The van der Waals surface area contributed by atoms with Crippen LogP contribution in [0, 0.1) is 5.92 Å². The Kier molecular flexibility index (Phi) is 6.98. The highest BCUT2D eigenvalue weighted by molar-refractivity contribution is 8.13. The molecule has 0 aliphatic carbocycles. The third kappa shape index (κ3) is 6.35. The van der Waals surface area contributed by atoms with Gasteiger partial charge in [-0.3, -0.25) is 0 Å². The molecular formula is C14H19ClO5S. The lowest BCUT2D eigenvalue weighted by Gasteiger charge is -2.16. The van der Waals surface area contributed by atoms with E-state index in [0.717, 1.165) is 0 Å². The zero-order valence-electron chi connectivity index (χ0n) is 12.0. The van der Waals surface area contributed by atoms with E-state index in [4.69, 9.17) is 20.2 Å². The van der Waals surface area contributed by atoms with E-state index >= 15 is 0 Å². The third-order valence-electron chi connectivity index (χ3n) is 2.87. The fraction of sp³-hybridized carbons (Fsp3) is 0.500. The van der Waals surface area contributed by atoms with Crippen LogP contribution in [0.3, 0.4) is 0 Å². The van der Waals surface area contributed by atoms with Gasteiger partial charge in [-0.25, -0.2) is 13.2 Å². The number of rotatable bonds is 8. The van der Waals surface area contributed by atoms with E-state index < -0.39 is 15.0 Å². The fourth-order valence-corrected chi connectivity index (χ4v) is 3.17. The molecule has 118 valence electrons. The van der Waals surface area contributed by atoms with Crippen LogP contribution in [-0.2, 0) is 13.8 Å². The van der Waals surface area contributed by atoms with E-state index in [1.165, 1.54) is 0 Å². The van der Waals surface area contributed by atoms with Crippen molar-refractivity contribution in [1.82, 2.24) is 0 Å². The summed E-state index contributed by atoms with van der Waals surface area (Å²) in [5, 5.41) is 0. The van der Waals surface area contributed by atoms with Gasteiger partial charge in [0, 0.05) is 16.6 Å².